The number of aromatic nitrogens is 2. The van der Waals surface area contributed by atoms with E-state index < -0.39 is 0 Å². The molecule has 0 N–H and O–H groups in total. The Kier molecular flexibility index (Phi) is 2.87. The molecule has 3 nitrogen and oxygen atoms in total. The smallest absolute Gasteiger partial charge is 0.0764 e. The highest BCUT2D eigenvalue weighted by molar-refractivity contribution is 4.98. The van der Waals surface area contributed by atoms with E-state index in [1.54, 1.807) is 0 Å². The quantitative estimate of drug-likeness (QED) is 0.712. The van der Waals surface area contributed by atoms with E-state index in [2.05, 4.69) is 23.0 Å². The van der Waals surface area contributed by atoms with Crippen LogP contribution in [0.15, 0.2) is 12.3 Å². The summed E-state index contributed by atoms with van der Waals surface area (Å²) in [5.74, 6) is 0.854. The summed E-state index contributed by atoms with van der Waals surface area (Å²) in [5, 5.41) is 4.40. The van der Waals surface area contributed by atoms with Gasteiger partial charge in [-0.05, 0) is 31.4 Å². The molecule has 0 aromatic carbocycles. The minimum absolute atomic E-state index is 0.854. The minimum Gasteiger partial charge on any atom is -0.297 e. The first-order valence-electron chi connectivity index (χ1n) is 5.45. The van der Waals surface area contributed by atoms with Crippen LogP contribution in [0.2, 0.25) is 0 Å². The normalized spacial score (nSPS) is 24.0. The van der Waals surface area contributed by atoms with Gasteiger partial charge < -0.3 is 0 Å². The number of piperidine rings is 1. The fourth-order valence-corrected chi connectivity index (χ4v) is 2.21. The maximum Gasteiger partial charge on any atom is 0.0764 e. The number of hydrogen-bond acceptors (Lipinski definition) is 2. The Bertz CT molecular complexity index is 292. The van der Waals surface area contributed by atoms with Gasteiger partial charge >= 0.3 is 0 Å². The average Bonchev–Trinajstić information content (AvgIpc) is 2.51. The summed E-state index contributed by atoms with van der Waals surface area (Å²) in [5.41, 5.74) is 1.20. The molecule has 0 unspecified atom stereocenters. The molecule has 78 valence electrons. The molecule has 2 heterocycles. The first-order valence-corrected chi connectivity index (χ1v) is 5.45. The molecular formula is C11H19N3. The molecule has 0 saturated carbocycles. The van der Waals surface area contributed by atoms with Gasteiger partial charge in [0, 0.05) is 26.3 Å². The van der Waals surface area contributed by atoms with Gasteiger partial charge in [-0.25, -0.2) is 0 Å². The highest BCUT2D eigenvalue weighted by Crippen LogP contribution is 2.16. The Labute approximate surface area is 85.7 Å². The maximum absolute atomic E-state index is 4.40. The van der Waals surface area contributed by atoms with Gasteiger partial charge in [0.05, 0.1) is 5.69 Å². The zero-order valence-electron chi connectivity index (χ0n) is 9.11. The van der Waals surface area contributed by atoms with Gasteiger partial charge in [0.1, 0.15) is 0 Å². The lowest BCUT2D eigenvalue weighted by Gasteiger charge is -2.30. The van der Waals surface area contributed by atoms with Crippen LogP contribution in [0.3, 0.4) is 0 Å². The summed E-state index contributed by atoms with van der Waals surface area (Å²) in [6.45, 7) is 5.83. The lowest BCUT2D eigenvalue weighted by atomic mass is 10.0. The van der Waals surface area contributed by atoms with Crippen LogP contribution in [0.5, 0.6) is 0 Å². The molecule has 3 heteroatoms. The van der Waals surface area contributed by atoms with Crippen molar-refractivity contribution >= 4 is 0 Å². The number of hydrogen-bond donors (Lipinski definition) is 0. The SMILES string of the molecule is C[C@@H]1CCCN(Cc2ccn(C)n2)C1. The molecule has 0 radical (unpaired) electrons. The Morgan fingerprint density at radius 1 is 1.57 bits per heavy atom. The summed E-state index contributed by atoms with van der Waals surface area (Å²) in [6.07, 6.45) is 4.75. The second-order valence-electron chi connectivity index (χ2n) is 4.46. The van der Waals surface area contributed by atoms with E-state index in [1.165, 1.54) is 31.6 Å². The Balaban J connectivity index is 1.90. The van der Waals surface area contributed by atoms with Crippen molar-refractivity contribution in [2.75, 3.05) is 13.1 Å². The van der Waals surface area contributed by atoms with E-state index in [-0.39, 0.29) is 0 Å². The molecule has 0 amide bonds. The zero-order valence-corrected chi connectivity index (χ0v) is 9.11. The van der Waals surface area contributed by atoms with Gasteiger partial charge in [-0.15, -0.1) is 0 Å². The third-order valence-corrected chi connectivity index (χ3v) is 2.90. The molecular weight excluding hydrogens is 174 g/mol. The molecule has 14 heavy (non-hydrogen) atoms. The van der Waals surface area contributed by atoms with Crippen LogP contribution in [0.1, 0.15) is 25.5 Å². The molecule has 1 fully saturated rings. The van der Waals surface area contributed by atoms with Crippen molar-refractivity contribution in [2.45, 2.75) is 26.3 Å². The van der Waals surface area contributed by atoms with E-state index in [4.69, 9.17) is 0 Å². The van der Waals surface area contributed by atoms with E-state index >= 15 is 0 Å². The minimum atomic E-state index is 0.854. The largest absolute Gasteiger partial charge is 0.297 e. The van der Waals surface area contributed by atoms with Crippen molar-refractivity contribution in [1.29, 1.82) is 0 Å². The molecule has 1 aliphatic rings. The van der Waals surface area contributed by atoms with Crippen LogP contribution in [-0.2, 0) is 13.6 Å². The first kappa shape index (κ1) is 9.71. The Morgan fingerprint density at radius 2 is 2.43 bits per heavy atom. The average molecular weight is 193 g/mol. The Morgan fingerprint density at radius 3 is 3.07 bits per heavy atom. The third-order valence-electron chi connectivity index (χ3n) is 2.90. The second-order valence-corrected chi connectivity index (χ2v) is 4.46. The molecule has 1 atom stereocenters. The standard InChI is InChI=1S/C11H19N3/c1-10-4-3-6-14(8-10)9-11-5-7-13(2)12-11/h5,7,10H,3-4,6,8-9H2,1-2H3/t10-/m1/s1. The van der Waals surface area contributed by atoms with Crippen molar-refractivity contribution in [3.8, 4) is 0 Å². The van der Waals surface area contributed by atoms with Crippen LogP contribution in [0, 0.1) is 5.92 Å². The van der Waals surface area contributed by atoms with Crippen molar-refractivity contribution in [3.05, 3.63) is 18.0 Å². The monoisotopic (exact) mass is 193 g/mol. The van der Waals surface area contributed by atoms with Gasteiger partial charge in [-0.3, -0.25) is 9.58 Å². The second kappa shape index (κ2) is 4.13. The molecule has 1 saturated heterocycles. The molecule has 1 aliphatic heterocycles. The van der Waals surface area contributed by atoms with E-state index in [9.17, 15) is 0 Å². The van der Waals surface area contributed by atoms with Crippen molar-refractivity contribution in [2.24, 2.45) is 13.0 Å². The summed E-state index contributed by atoms with van der Waals surface area (Å²) in [6, 6.07) is 2.11. The van der Waals surface area contributed by atoms with Crippen LogP contribution in [-0.4, -0.2) is 27.8 Å². The van der Waals surface area contributed by atoms with Crippen molar-refractivity contribution in [1.82, 2.24) is 14.7 Å². The van der Waals surface area contributed by atoms with Gasteiger partial charge in [0.25, 0.3) is 0 Å². The van der Waals surface area contributed by atoms with Crippen molar-refractivity contribution in [3.63, 3.8) is 0 Å². The fraction of sp³-hybridized carbons (Fsp3) is 0.727. The fourth-order valence-electron chi connectivity index (χ4n) is 2.21. The van der Waals surface area contributed by atoms with Gasteiger partial charge in [-0.1, -0.05) is 6.92 Å². The lowest BCUT2D eigenvalue weighted by Crippen LogP contribution is -2.33. The summed E-state index contributed by atoms with van der Waals surface area (Å²) >= 11 is 0. The number of nitrogens with zero attached hydrogens (tertiary/aromatic N) is 3. The number of rotatable bonds is 2. The highest BCUT2D eigenvalue weighted by atomic mass is 15.3. The molecule has 0 spiro atoms. The van der Waals surface area contributed by atoms with Gasteiger partial charge in [-0.2, -0.15) is 5.10 Å². The zero-order chi connectivity index (χ0) is 9.97. The van der Waals surface area contributed by atoms with Crippen LogP contribution < -0.4 is 0 Å². The number of aryl methyl sites for hydroxylation is 1. The highest BCUT2D eigenvalue weighted by Gasteiger charge is 2.16. The van der Waals surface area contributed by atoms with E-state index in [1.807, 2.05) is 17.9 Å². The predicted octanol–water partition coefficient (Wildman–Crippen LogP) is 1.65. The lowest BCUT2D eigenvalue weighted by molar-refractivity contribution is 0.174. The van der Waals surface area contributed by atoms with E-state index in [0.717, 1.165) is 12.5 Å². The predicted molar refractivity (Wildman–Crippen MR) is 56.9 cm³/mol. The van der Waals surface area contributed by atoms with Crippen LogP contribution in [0.4, 0.5) is 0 Å². The van der Waals surface area contributed by atoms with Crippen LogP contribution in [0.25, 0.3) is 0 Å². The maximum atomic E-state index is 4.40. The van der Waals surface area contributed by atoms with Crippen LogP contribution >= 0.6 is 0 Å². The van der Waals surface area contributed by atoms with Crippen molar-refractivity contribution < 1.29 is 0 Å². The summed E-state index contributed by atoms with van der Waals surface area (Å²) < 4.78 is 1.88. The molecule has 0 aliphatic carbocycles. The van der Waals surface area contributed by atoms with E-state index in [0.29, 0.717) is 0 Å². The molecule has 2 rings (SSSR count). The first-order chi connectivity index (χ1) is 6.74. The Hall–Kier alpha value is -0.830. The topological polar surface area (TPSA) is 21.1 Å². The van der Waals surface area contributed by atoms with Gasteiger partial charge in [0.2, 0.25) is 0 Å². The molecule has 1 aromatic rings. The summed E-state index contributed by atoms with van der Waals surface area (Å²) in [4.78, 5) is 2.51. The van der Waals surface area contributed by atoms with Gasteiger partial charge in [0.15, 0.2) is 0 Å². The summed E-state index contributed by atoms with van der Waals surface area (Å²) in [7, 11) is 1.97. The third kappa shape index (κ3) is 2.35. The molecule has 0 bridgehead atoms. The number of likely N-dealkylation sites (tertiary alicyclic amines) is 1. The molecule has 1 aromatic heterocycles.